The highest BCUT2D eigenvalue weighted by molar-refractivity contribution is 7.99. The van der Waals surface area contributed by atoms with E-state index in [0.29, 0.717) is 5.92 Å². The molecule has 0 N–H and O–H groups in total. The Hall–Kier alpha value is -0.440. The average molecular weight is 250 g/mol. The molecule has 3 heterocycles. The lowest BCUT2D eigenvalue weighted by molar-refractivity contribution is 0.463. The zero-order chi connectivity index (χ0) is 11.7. The maximum absolute atomic E-state index is 4.88. The Bertz CT molecular complexity index is 380. The van der Waals surface area contributed by atoms with Crippen molar-refractivity contribution in [2.24, 2.45) is 0 Å². The largest absolute Gasteiger partial charge is 0.334 e. The summed E-state index contributed by atoms with van der Waals surface area (Å²) in [6, 6.07) is 0. The molecule has 0 saturated carbocycles. The Morgan fingerprint density at radius 2 is 2.29 bits per heavy atom. The zero-order valence-corrected chi connectivity index (χ0v) is 11.5. The number of hydrogen-bond donors (Lipinski definition) is 0. The fourth-order valence-corrected chi connectivity index (χ4v) is 4.38. The molecule has 0 bridgehead atoms. The van der Waals surface area contributed by atoms with Gasteiger partial charge in [-0.25, -0.2) is 4.98 Å². The number of rotatable bonds is 2. The predicted molar refractivity (Wildman–Crippen MR) is 73.7 cm³/mol. The second-order valence-electron chi connectivity index (χ2n) is 5.52. The molecule has 2 nitrogen and oxygen atoms in total. The van der Waals surface area contributed by atoms with Gasteiger partial charge in [-0.05, 0) is 31.4 Å². The van der Waals surface area contributed by atoms with Crippen LogP contribution in [0.3, 0.4) is 0 Å². The molecule has 17 heavy (non-hydrogen) atoms. The molecule has 1 saturated heterocycles. The molecule has 94 valence electrons. The number of imidazole rings is 1. The van der Waals surface area contributed by atoms with E-state index in [9.17, 15) is 0 Å². The molecule has 0 aromatic carbocycles. The van der Waals surface area contributed by atoms with Gasteiger partial charge in [-0.1, -0.05) is 13.3 Å². The summed E-state index contributed by atoms with van der Waals surface area (Å²) in [5.41, 5.74) is 1.34. The van der Waals surface area contributed by atoms with Gasteiger partial charge < -0.3 is 4.57 Å². The van der Waals surface area contributed by atoms with E-state index in [1.54, 1.807) is 0 Å². The molecule has 0 aliphatic carbocycles. The lowest BCUT2D eigenvalue weighted by atomic mass is 10.0. The van der Waals surface area contributed by atoms with Crippen molar-refractivity contribution in [3.05, 3.63) is 17.7 Å². The van der Waals surface area contributed by atoms with Crippen molar-refractivity contribution in [3.63, 3.8) is 0 Å². The van der Waals surface area contributed by atoms with E-state index in [2.05, 4.69) is 29.4 Å². The first kappa shape index (κ1) is 11.6. The summed E-state index contributed by atoms with van der Waals surface area (Å²) in [5, 5.41) is 0.830. The van der Waals surface area contributed by atoms with Crippen LogP contribution < -0.4 is 0 Å². The second kappa shape index (κ2) is 5.05. The van der Waals surface area contributed by atoms with Crippen molar-refractivity contribution in [3.8, 4) is 0 Å². The molecule has 0 spiro atoms. The van der Waals surface area contributed by atoms with E-state index < -0.39 is 0 Å². The van der Waals surface area contributed by atoms with Gasteiger partial charge in [0.2, 0.25) is 0 Å². The molecule has 3 heteroatoms. The van der Waals surface area contributed by atoms with Crippen LogP contribution in [0.2, 0.25) is 0 Å². The van der Waals surface area contributed by atoms with Crippen molar-refractivity contribution >= 4 is 11.8 Å². The fraction of sp³-hybridized carbons (Fsp3) is 0.786. The van der Waals surface area contributed by atoms with Crippen LogP contribution in [0.4, 0.5) is 0 Å². The van der Waals surface area contributed by atoms with Crippen LogP contribution in [0.15, 0.2) is 6.20 Å². The van der Waals surface area contributed by atoms with E-state index in [1.807, 2.05) is 0 Å². The van der Waals surface area contributed by atoms with Crippen LogP contribution in [-0.2, 0) is 13.0 Å². The van der Waals surface area contributed by atoms with Crippen molar-refractivity contribution in [1.29, 1.82) is 0 Å². The van der Waals surface area contributed by atoms with E-state index in [-0.39, 0.29) is 0 Å². The van der Waals surface area contributed by atoms with E-state index in [1.165, 1.54) is 62.3 Å². The summed E-state index contributed by atoms with van der Waals surface area (Å²) in [7, 11) is 0. The molecular weight excluding hydrogens is 228 g/mol. The van der Waals surface area contributed by atoms with E-state index in [0.717, 1.165) is 5.25 Å². The van der Waals surface area contributed by atoms with Crippen LogP contribution in [-0.4, -0.2) is 20.6 Å². The van der Waals surface area contributed by atoms with Gasteiger partial charge in [0.1, 0.15) is 5.82 Å². The summed E-state index contributed by atoms with van der Waals surface area (Å²) >= 11 is 2.16. The molecule has 0 radical (unpaired) electrons. The minimum absolute atomic E-state index is 0.663. The van der Waals surface area contributed by atoms with Crippen LogP contribution in [0.1, 0.15) is 56.5 Å². The van der Waals surface area contributed by atoms with Crippen molar-refractivity contribution < 1.29 is 0 Å². The Kier molecular flexibility index (Phi) is 3.46. The normalized spacial score (nSPS) is 29.0. The Morgan fingerprint density at radius 1 is 1.35 bits per heavy atom. The second-order valence-corrected chi connectivity index (χ2v) is 6.93. The van der Waals surface area contributed by atoms with Gasteiger partial charge in [0, 0.05) is 30.3 Å². The maximum atomic E-state index is 4.88. The lowest BCUT2D eigenvalue weighted by Crippen LogP contribution is -2.13. The molecule has 1 aromatic rings. The monoisotopic (exact) mass is 250 g/mol. The summed E-state index contributed by atoms with van der Waals surface area (Å²) in [6.45, 7) is 3.50. The first-order valence-electron chi connectivity index (χ1n) is 7.00. The summed E-state index contributed by atoms with van der Waals surface area (Å²) in [4.78, 5) is 4.88. The van der Waals surface area contributed by atoms with E-state index >= 15 is 0 Å². The first-order valence-corrected chi connectivity index (χ1v) is 8.05. The summed E-state index contributed by atoms with van der Waals surface area (Å²) in [5.74, 6) is 3.36. The number of nitrogens with zero attached hydrogens (tertiary/aromatic N) is 2. The zero-order valence-electron chi connectivity index (χ0n) is 10.7. The molecular formula is C14H22N2S. The fourth-order valence-electron chi connectivity index (χ4n) is 3.06. The highest BCUT2D eigenvalue weighted by Crippen LogP contribution is 2.30. The van der Waals surface area contributed by atoms with Crippen molar-refractivity contribution in [2.75, 3.05) is 5.75 Å². The van der Waals surface area contributed by atoms with Gasteiger partial charge in [0.05, 0.1) is 5.69 Å². The van der Waals surface area contributed by atoms with Crippen molar-refractivity contribution in [1.82, 2.24) is 9.55 Å². The average Bonchev–Trinajstić information content (AvgIpc) is 2.74. The van der Waals surface area contributed by atoms with Gasteiger partial charge in [0.25, 0.3) is 0 Å². The standard InChI is InChI=1S/C14H22N2S/c1-11-5-4-7-16-10-12(15-14(11)16)9-13-6-2-3-8-17-13/h10-11,13H,2-9H2,1H3. The molecule has 0 amide bonds. The lowest BCUT2D eigenvalue weighted by Gasteiger charge is -2.19. The molecule has 2 aliphatic rings. The summed E-state index contributed by atoms with van der Waals surface area (Å²) < 4.78 is 2.40. The van der Waals surface area contributed by atoms with Gasteiger partial charge in [-0.15, -0.1) is 0 Å². The Morgan fingerprint density at radius 3 is 3.06 bits per heavy atom. The van der Waals surface area contributed by atoms with Crippen LogP contribution >= 0.6 is 11.8 Å². The first-order chi connectivity index (χ1) is 8.33. The quantitative estimate of drug-likeness (QED) is 0.798. The van der Waals surface area contributed by atoms with Crippen LogP contribution in [0.5, 0.6) is 0 Å². The minimum atomic E-state index is 0.663. The van der Waals surface area contributed by atoms with Gasteiger partial charge in [0.15, 0.2) is 0 Å². The molecule has 3 rings (SSSR count). The minimum Gasteiger partial charge on any atom is -0.334 e. The Labute approximate surface area is 108 Å². The number of aryl methyl sites for hydroxylation is 1. The third kappa shape index (κ3) is 2.54. The van der Waals surface area contributed by atoms with Crippen LogP contribution in [0, 0.1) is 0 Å². The topological polar surface area (TPSA) is 17.8 Å². The number of aromatic nitrogens is 2. The molecule has 1 fully saturated rings. The molecule has 1 aromatic heterocycles. The Balaban J connectivity index is 1.71. The van der Waals surface area contributed by atoms with Gasteiger partial charge in [-0.3, -0.25) is 0 Å². The smallest absolute Gasteiger partial charge is 0.111 e. The maximum Gasteiger partial charge on any atom is 0.111 e. The van der Waals surface area contributed by atoms with Gasteiger partial charge in [-0.2, -0.15) is 11.8 Å². The number of fused-ring (bicyclic) bond motifs is 1. The van der Waals surface area contributed by atoms with Gasteiger partial charge >= 0.3 is 0 Å². The third-order valence-corrected chi connectivity index (χ3v) is 5.44. The number of hydrogen-bond acceptors (Lipinski definition) is 2. The van der Waals surface area contributed by atoms with Crippen molar-refractivity contribution in [2.45, 2.75) is 63.2 Å². The van der Waals surface area contributed by atoms with Crippen LogP contribution in [0.25, 0.3) is 0 Å². The number of thioether (sulfide) groups is 1. The van der Waals surface area contributed by atoms with E-state index in [4.69, 9.17) is 4.98 Å². The highest BCUT2D eigenvalue weighted by Gasteiger charge is 2.21. The predicted octanol–water partition coefficient (Wildman–Crippen LogP) is 3.61. The highest BCUT2D eigenvalue weighted by atomic mass is 32.2. The molecule has 2 unspecified atom stereocenters. The molecule has 2 aliphatic heterocycles. The third-order valence-electron chi connectivity index (χ3n) is 4.05. The SMILES string of the molecule is CC1CCCn2cc(CC3CCCCS3)nc21. The summed E-state index contributed by atoms with van der Waals surface area (Å²) in [6.07, 6.45) is 10.4. The molecule has 2 atom stereocenters.